The Morgan fingerprint density at radius 3 is 1.82 bits per heavy atom. The summed E-state index contributed by atoms with van der Waals surface area (Å²) < 4.78 is 8.87. The first kappa shape index (κ1) is 31.6. The highest BCUT2D eigenvalue weighted by atomic mass is 32.1. The summed E-state index contributed by atoms with van der Waals surface area (Å²) >= 11 is 1.86. The second kappa shape index (κ2) is 12.9. The van der Waals surface area contributed by atoms with Gasteiger partial charge < -0.3 is 9.32 Å². The predicted octanol–water partition coefficient (Wildman–Crippen LogP) is 15.6. The lowest BCUT2D eigenvalue weighted by molar-refractivity contribution is 0.669. The Morgan fingerprint density at radius 1 is 0.345 bits per heavy atom. The van der Waals surface area contributed by atoms with E-state index >= 15 is 0 Å². The molecule has 11 rings (SSSR count). The highest BCUT2D eigenvalue weighted by Gasteiger charge is 2.17. The first-order valence-corrected chi connectivity index (χ1v) is 19.5. The van der Waals surface area contributed by atoms with Crippen LogP contribution in [-0.4, -0.2) is 0 Å². The molecule has 258 valence electrons. The number of para-hydroxylation sites is 1. The Labute approximate surface area is 322 Å². The van der Waals surface area contributed by atoms with Crippen molar-refractivity contribution in [3.8, 4) is 33.4 Å². The van der Waals surface area contributed by atoms with E-state index in [2.05, 4.69) is 193 Å². The Bertz CT molecular complexity index is 3220. The van der Waals surface area contributed by atoms with Gasteiger partial charge in [-0.3, -0.25) is 0 Å². The molecule has 0 atom stereocenters. The molecule has 0 aliphatic heterocycles. The highest BCUT2D eigenvalue weighted by Crippen LogP contribution is 2.43. The zero-order valence-electron chi connectivity index (χ0n) is 29.8. The molecule has 2 aromatic heterocycles. The van der Waals surface area contributed by atoms with Crippen LogP contribution in [0.2, 0.25) is 0 Å². The van der Waals surface area contributed by atoms with E-state index in [1.807, 2.05) is 23.5 Å². The molecule has 11 aromatic rings. The van der Waals surface area contributed by atoms with Gasteiger partial charge in [-0.05, 0) is 105 Å². The van der Waals surface area contributed by atoms with Crippen LogP contribution in [0.5, 0.6) is 0 Å². The predicted molar refractivity (Wildman–Crippen MR) is 235 cm³/mol. The summed E-state index contributed by atoms with van der Waals surface area (Å²) in [5.74, 6) is 0. The summed E-state index contributed by atoms with van der Waals surface area (Å²) in [5, 5.41) is 7.40. The van der Waals surface area contributed by atoms with Crippen LogP contribution in [0.25, 0.3) is 86.3 Å². The minimum atomic E-state index is 0.903. The van der Waals surface area contributed by atoms with Crippen molar-refractivity contribution in [1.29, 1.82) is 0 Å². The number of hydrogen-bond donors (Lipinski definition) is 0. The maximum atomic E-state index is 6.25. The molecule has 0 amide bonds. The highest BCUT2D eigenvalue weighted by molar-refractivity contribution is 7.25. The molecule has 0 unspecified atom stereocenters. The number of anilines is 3. The van der Waals surface area contributed by atoms with Crippen molar-refractivity contribution in [2.45, 2.75) is 0 Å². The van der Waals surface area contributed by atoms with Crippen LogP contribution in [-0.2, 0) is 0 Å². The summed E-state index contributed by atoms with van der Waals surface area (Å²) in [6, 6.07) is 72.3. The Kier molecular flexibility index (Phi) is 7.39. The van der Waals surface area contributed by atoms with Gasteiger partial charge in [-0.15, -0.1) is 11.3 Å². The van der Waals surface area contributed by atoms with Crippen molar-refractivity contribution in [1.82, 2.24) is 0 Å². The molecule has 0 aliphatic rings. The van der Waals surface area contributed by atoms with Crippen LogP contribution in [0.3, 0.4) is 0 Å². The molecule has 0 radical (unpaired) electrons. The van der Waals surface area contributed by atoms with Crippen LogP contribution in [0.4, 0.5) is 17.1 Å². The molecule has 2 nitrogen and oxygen atoms in total. The van der Waals surface area contributed by atoms with E-state index in [4.69, 9.17) is 4.42 Å². The van der Waals surface area contributed by atoms with E-state index in [0.717, 1.165) is 50.1 Å². The van der Waals surface area contributed by atoms with E-state index in [0.29, 0.717) is 0 Å². The largest absolute Gasteiger partial charge is 0.456 e. The third-order valence-corrected chi connectivity index (χ3v) is 12.0. The quantitative estimate of drug-likeness (QED) is 0.170. The molecule has 0 spiro atoms. The molecule has 2 heterocycles. The van der Waals surface area contributed by atoms with Crippen LogP contribution >= 0.6 is 11.3 Å². The lowest BCUT2D eigenvalue weighted by Crippen LogP contribution is -2.10. The number of thiophene rings is 1. The zero-order valence-corrected chi connectivity index (χ0v) is 30.6. The smallest absolute Gasteiger partial charge is 0.136 e. The molecule has 0 bridgehead atoms. The molecule has 9 aromatic carbocycles. The average Bonchev–Trinajstić information content (AvgIpc) is 3.82. The van der Waals surface area contributed by atoms with Crippen LogP contribution in [0, 0.1) is 0 Å². The lowest BCUT2D eigenvalue weighted by atomic mass is 9.97. The SMILES string of the molecule is c1cc(-c2ccc3c(c2)sc2ccccc23)cc(N(c2ccc(-c3cccc4oc5ccccc5c34)cc2)c2cccc(-c3cccc4ccccc34)c2)c1. The number of furan rings is 1. The van der Waals surface area contributed by atoms with Gasteiger partial charge in [0.05, 0.1) is 0 Å². The van der Waals surface area contributed by atoms with Crippen molar-refractivity contribution >= 4 is 81.3 Å². The van der Waals surface area contributed by atoms with Crippen molar-refractivity contribution in [3.63, 3.8) is 0 Å². The molecule has 0 saturated carbocycles. The molecular weight excluding hydrogens is 687 g/mol. The second-order valence-electron chi connectivity index (χ2n) is 14.1. The van der Waals surface area contributed by atoms with Crippen LogP contribution < -0.4 is 4.90 Å². The Balaban J connectivity index is 1.05. The van der Waals surface area contributed by atoms with Gasteiger partial charge in [0.25, 0.3) is 0 Å². The number of nitrogens with zero attached hydrogens (tertiary/aromatic N) is 1. The third kappa shape index (κ3) is 5.40. The van der Waals surface area contributed by atoms with Gasteiger partial charge in [0, 0.05) is 48.0 Å². The molecule has 3 heteroatoms. The summed E-state index contributed by atoms with van der Waals surface area (Å²) in [7, 11) is 0. The molecule has 0 fully saturated rings. The number of rotatable bonds is 6. The van der Waals surface area contributed by atoms with E-state index in [1.54, 1.807) is 0 Å². The summed E-state index contributed by atoms with van der Waals surface area (Å²) in [5.41, 5.74) is 12.2. The lowest BCUT2D eigenvalue weighted by Gasteiger charge is -2.27. The Morgan fingerprint density at radius 2 is 0.945 bits per heavy atom. The first-order chi connectivity index (χ1) is 27.2. The fourth-order valence-corrected chi connectivity index (χ4v) is 9.42. The van der Waals surface area contributed by atoms with Crippen LogP contribution in [0.15, 0.2) is 205 Å². The van der Waals surface area contributed by atoms with Gasteiger partial charge >= 0.3 is 0 Å². The molecular formula is C52H33NOS. The number of fused-ring (bicyclic) bond motifs is 7. The van der Waals surface area contributed by atoms with Gasteiger partial charge in [-0.1, -0.05) is 140 Å². The molecule has 0 saturated heterocycles. The van der Waals surface area contributed by atoms with E-state index in [-0.39, 0.29) is 0 Å². The maximum Gasteiger partial charge on any atom is 0.136 e. The normalized spacial score (nSPS) is 11.6. The van der Waals surface area contributed by atoms with Gasteiger partial charge in [0.2, 0.25) is 0 Å². The number of hydrogen-bond acceptors (Lipinski definition) is 3. The van der Waals surface area contributed by atoms with E-state index in [9.17, 15) is 0 Å². The molecule has 0 N–H and O–H groups in total. The van der Waals surface area contributed by atoms with Gasteiger partial charge in [0.15, 0.2) is 0 Å². The summed E-state index contributed by atoms with van der Waals surface area (Å²) in [6.07, 6.45) is 0. The standard InChI is InChI=1S/C52H33NOS/c1-2-17-42-34(11-1)12-9-20-43(42)38-14-8-16-41(32-38)53(39-28-25-35(26-29-39)44-21-10-23-49-52(44)47-19-3-5-22-48(47)54-49)40-15-7-13-36(31-40)37-27-30-46-45-18-4-6-24-50(45)55-51(46)33-37/h1-33H. The van der Waals surface area contributed by atoms with Gasteiger partial charge in [-0.25, -0.2) is 0 Å². The van der Waals surface area contributed by atoms with Crippen molar-refractivity contribution in [2.75, 3.05) is 4.90 Å². The Hall–Kier alpha value is -6.94. The fraction of sp³-hybridized carbons (Fsp3) is 0. The van der Waals surface area contributed by atoms with Crippen molar-refractivity contribution < 1.29 is 4.42 Å². The maximum absolute atomic E-state index is 6.25. The van der Waals surface area contributed by atoms with Crippen LogP contribution in [0.1, 0.15) is 0 Å². The summed E-state index contributed by atoms with van der Waals surface area (Å²) in [6.45, 7) is 0. The molecule has 55 heavy (non-hydrogen) atoms. The van der Waals surface area contributed by atoms with Gasteiger partial charge in [0.1, 0.15) is 11.2 Å². The average molecular weight is 720 g/mol. The second-order valence-corrected chi connectivity index (χ2v) is 15.2. The third-order valence-electron chi connectivity index (χ3n) is 10.9. The monoisotopic (exact) mass is 719 g/mol. The van der Waals surface area contributed by atoms with E-state index in [1.165, 1.54) is 53.2 Å². The van der Waals surface area contributed by atoms with Crippen molar-refractivity contribution in [3.05, 3.63) is 200 Å². The summed E-state index contributed by atoms with van der Waals surface area (Å²) in [4.78, 5) is 2.38. The van der Waals surface area contributed by atoms with Gasteiger partial charge in [-0.2, -0.15) is 0 Å². The first-order valence-electron chi connectivity index (χ1n) is 18.7. The minimum absolute atomic E-state index is 0.903. The minimum Gasteiger partial charge on any atom is -0.456 e. The van der Waals surface area contributed by atoms with E-state index < -0.39 is 0 Å². The number of benzene rings is 9. The molecule has 0 aliphatic carbocycles. The van der Waals surface area contributed by atoms with Crippen molar-refractivity contribution in [2.24, 2.45) is 0 Å². The fourth-order valence-electron chi connectivity index (χ4n) is 8.27. The topological polar surface area (TPSA) is 16.4 Å². The zero-order chi connectivity index (χ0) is 36.3.